The van der Waals surface area contributed by atoms with Gasteiger partial charge in [0.2, 0.25) is 0 Å². The van der Waals surface area contributed by atoms with Crippen molar-refractivity contribution in [3.8, 4) is 0 Å². The number of hydrogen-bond donors (Lipinski definition) is 1. The molecule has 158 valence electrons. The summed E-state index contributed by atoms with van der Waals surface area (Å²) in [7, 11) is 1.54. The van der Waals surface area contributed by atoms with Gasteiger partial charge in [-0.25, -0.2) is 4.79 Å². The Morgan fingerprint density at radius 2 is 2.03 bits per heavy atom. The molecule has 9 heteroatoms. The number of carbonyl (C=O) groups is 2. The first-order valence-electron chi connectivity index (χ1n) is 9.54. The number of methoxy groups -OCH3 is 1. The van der Waals surface area contributed by atoms with E-state index in [-0.39, 0.29) is 17.2 Å². The molecule has 0 fully saturated rings. The van der Waals surface area contributed by atoms with Crippen LogP contribution in [0.4, 0.5) is 17.1 Å². The molecule has 0 spiro atoms. The van der Waals surface area contributed by atoms with Crippen molar-refractivity contribution >= 4 is 28.9 Å². The number of amides is 1. The van der Waals surface area contributed by atoms with Gasteiger partial charge in [-0.3, -0.25) is 14.9 Å². The molecule has 1 aliphatic rings. The zero-order valence-corrected chi connectivity index (χ0v) is 16.8. The van der Waals surface area contributed by atoms with Crippen LogP contribution in [0.3, 0.4) is 0 Å². The Labute approximate surface area is 173 Å². The summed E-state index contributed by atoms with van der Waals surface area (Å²) in [4.78, 5) is 37.7. The van der Waals surface area contributed by atoms with E-state index in [0.29, 0.717) is 25.4 Å². The maximum atomic E-state index is 12.9. The second-order valence-corrected chi connectivity index (χ2v) is 6.82. The molecule has 0 radical (unpaired) electrons. The molecule has 1 N–H and O–H groups in total. The van der Waals surface area contributed by atoms with Gasteiger partial charge in [0.05, 0.1) is 17.1 Å². The molecule has 3 rings (SSSR count). The number of nitrogens with zero attached hydrogens (tertiary/aromatic N) is 2. The lowest BCUT2D eigenvalue weighted by molar-refractivity contribution is -0.384. The highest BCUT2D eigenvalue weighted by atomic mass is 16.6. The lowest BCUT2D eigenvalue weighted by Gasteiger charge is -2.22. The average Bonchev–Trinajstić information content (AvgIpc) is 3.17. The standard InChI is InChI=1S/C21H23N3O6/c1-14(20(25)23-11-9-15-5-3-4-6-19(15)23)30-21(26)17-13-16(24(27)28)7-8-18(17)22-10-12-29-2/h3-8,13-14,22H,9-12H2,1-2H3/t14-/m1/s1. The van der Waals surface area contributed by atoms with Crippen molar-refractivity contribution in [2.24, 2.45) is 0 Å². The van der Waals surface area contributed by atoms with E-state index in [1.165, 1.54) is 26.2 Å². The maximum absolute atomic E-state index is 12.9. The molecule has 0 bridgehead atoms. The Morgan fingerprint density at radius 1 is 1.27 bits per heavy atom. The number of nitro groups is 1. The van der Waals surface area contributed by atoms with Crippen molar-refractivity contribution in [2.75, 3.05) is 37.0 Å². The van der Waals surface area contributed by atoms with Crippen molar-refractivity contribution in [2.45, 2.75) is 19.4 Å². The van der Waals surface area contributed by atoms with Gasteiger partial charge in [-0.15, -0.1) is 0 Å². The molecule has 1 heterocycles. The van der Waals surface area contributed by atoms with Gasteiger partial charge in [0, 0.05) is 43.7 Å². The van der Waals surface area contributed by atoms with Crippen LogP contribution in [0.25, 0.3) is 0 Å². The van der Waals surface area contributed by atoms with Gasteiger partial charge in [-0.05, 0) is 31.0 Å². The predicted octanol–water partition coefficient (Wildman–Crippen LogP) is 2.79. The first-order chi connectivity index (χ1) is 14.4. The highest BCUT2D eigenvalue weighted by Gasteiger charge is 2.30. The van der Waals surface area contributed by atoms with Crippen LogP contribution in [-0.4, -0.2) is 49.7 Å². The largest absolute Gasteiger partial charge is 0.449 e. The van der Waals surface area contributed by atoms with Crippen LogP contribution in [-0.2, 0) is 20.7 Å². The predicted molar refractivity (Wildman–Crippen MR) is 111 cm³/mol. The van der Waals surface area contributed by atoms with Crippen molar-refractivity contribution in [1.82, 2.24) is 0 Å². The Morgan fingerprint density at radius 3 is 2.77 bits per heavy atom. The Hall–Kier alpha value is -3.46. The number of non-ortho nitro benzene ring substituents is 1. The second-order valence-electron chi connectivity index (χ2n) is 6.82. The number of para-hydroxylation sites is 1. The summed E-state index contributed by atoms with van der Waals surface area (Å²) < 4.78 is 10.4. The Balaban J connectivity index is 1.76. The van der Waals surface area contributed by atoms with Gasteiger partial charge in [0.15, 0.2) is 6.10 Å². The SMILES string of the molecule is COCCNc1ccc([N+](=O)[O-])cc1C(=O)O[C@H](C)C(=O)N1CCc2ccccc21. The van der Waals surface area contributed by atoms with Gasteiger partial charge >= 0.3 is 5.97 Å². The molecule has 2 aromatic rings. The summed E-state index contributed by atoms with van der Waals surface area (Å²) in [6, 6.07) is 11.4. The fourth-order valence-electron chi connectivity index (χ4n) is 3.32. The molecule has 0 aliphatic carbocycles. The molecular formula is C21H23N3O6. The smallest absolute Gasteiger partial charge is 0.341 e. The number of rotatable bonds is 8. The van der Waals surface area contributed by atoms with Crippen molar-refractivity contribution in [1.29, 1.82) is 0 Å². The number of fused-ring (bicyclic) bond motifs is 1. The van der Waals surface area contributed by atoms with Crippen LogP contribution < -0.4 is 10.2 Å². The number of nitro benzene ring substituents is 1. The van der Waals surface area contributed by atoms with E-state index in [1.54, 1.807) is 4.90 Å². The quantitative estimate of drug-likeness (QED) is 0.307. The normalized spacial score (nSPS) is 13.5. The highest BCUT2D eigenvalue weighted by molar-refractivity contribution is 6.02. The van der Waals surface area contributed by atoms with Gasteiger partial charge in [-0.1, -0.05) is 18.2 Å². The van der Waals surface area contributed by atoms with Gasteiger partial charge in [-0.2, -0.15) is 0 Å². The maximum Gasteiger partial charge on any atom is 0.341 e. The fourth-order valence-corrected chi connectivity index (χ4v) is 3.32. The number of ether oxygens (including phenoxy) is 2. The van der Waals surface area contributed by atoms with Crippen molar-refractivity contribution < 1.29 is 24.0 Å². The molecule has 0 aromatic heterocycles. The van der Waals surface area contributed by atoms with E-state index >= 15 is 0 Å². The van der Waals surface area contributed by atoms with Gasteiger partial charge < -0.3 is 19.7 Å². The molecule has 30 heavy (non-hydrogen) atoms. The average molecular weight is 413 g/mol. The summed E-state index contributed by atoms with van der Waals surface area (Å²) in [5.41, 5.74) is 1.98. The lowest BCUT2D eigenvalue weighted by Crippen LogP contribution is -2.39. The molecule has 1 amide bonds. The van der Waals surface area contributed by atoms with Crippen LogP contribution in [0.5, 0.6) is 0 Å². The summed E-state index contributed by atoms with van der Waals surface area (Å²) in [6.45, 7) is 2.79. The molecule has 0 saturated carbocycles. The van der Waals surface area contributed by atoms with E-state index in [1.807, 2.05) is 24.3 Å². The minimum absolute atomic E-state index is 0.0122. The van der Waals surface area contributed by atoms with Crippen LogP contribution in [0.15, 0.2) is 42.5 Å². The number of esters is 1. The fraction of sp³-hybridized carbons (Fsp3) is 0.333. The summed E-state index contributed by atoms with van der Waals surface area (Å²) in [5, 5.41) is 14.1. The number of hydrogen-bond acceptors (Lipinski definition) is 7. The molecular weight excluding hydrogens is 390 g/mol. The molecule has 1 atom stereocenters. The van der Waals surface area contributed by atoms with Crippen LogP contribution >= 0.6 is 0 Å². The zero-order chi connectivity index (χ0) is 21.7. The number of anilines is 2. The monoisotopic (exact) mass is 413 g/mol. The van der Waals surface area contributed by atoms with Gasteiger partial charge in [0.1, 0.15) is 0 Å². The van der Waals surface area contributed by atoms with E-state index in [2.05, 4.69) is 5.32 Å². The summed E-state index contributed by atoms with van der Waals surface area (Å²) in [6.07, 6.45) is -0.309. The first-order valence-corrected chi connectivity index (χ1v) is 9.54. The highest BCUT2D eigenvalue weighted by Crippen LogP contribution is 2.29. The molecule has 9 nitrogen and oxygen atoms in total. The Bertz CT molecular complexity index is 962. The Kier molecular flexibility index (Phi) is 6.63. The van der Waals surface area contributed by atoms with E-state index in [4.69, 9.17) is 9.47 Å². The van der Waals surface area contributed by atoms with Crippen LogP contribution in [0.2, 0.25) is 0 Å². The van der Waals surface area contributed by atoms with Crippen LogP contribution in [0.1, 0.15) is 22.8 Å². The third-order valence-corrected chi connectivity index (χ3v) is 4.84. The minimum Gasteiger partial charge on any atom is -0.449 e. The molecule has 2 aromatic carbocycles. The third kappa shape index (κ3) is 4.57. The van der Waals surface area contributed by atoms with Crippen LogP contribution in [0, 0.1) is 10.1 Å². The topological polar surface area (TPSA) is 111 Å². The summed E-state index contributed by atoms with van der Waals surface area (Å²) >= 11 is 0. The van der Waals surface area contributed by atoms with E-state index in [0.717, 1.165) is 23.7 Å². The number of benzene rings is 2. The van der Waals surface area contributed by atoms with E-state index in [9.17, 15) is 19.7 Å². The van der Waals surface area contributed by atoms with Gasteiger partial charge in [0.25, 0.3) is 11.6 Å². The molecule has 1 aliphatic heterocycles. The van der Waals surface area contributed by atoms with Crippen molar-refractivity contribution in [3.05, 3.63) is 63.7 Å². The minimum atomic E-state index is -1.05. The summed E-state index contributed by atoms with van der Waals surface area (Å²) in [5.74, 6) is -1.15. The molecule has 0 saturated heterocycles. The third-order valence-electron chi connectivity index (χ3n) is 4.84. The molecule has 0 unspecified atom stereocenters. The lowest BCUT2D eigenvalue weighted by atomic mass is 10.1. The number of carbonyl (C=O) groups excluding carboxylic acids is 2. The van der Waals surface area contributed by atoms with E-state index < -0.39 is 17.0 Å². The second kappa shape index (κ2) is 9.36. The van der Waals surface area contributed by atoms with Crippen molar-refractivity contribution in [3.63, 3.8) is 0 Å². The zero-order valence-electron chi connectivity index (χ0n) is 16.8. The number of nitrogens with one attached hydrogen (secondary N) is 1. The first kappa shape index (κ1) is 21.3.